The summed E-state index contributed by atoms with van der Waals surface area (Å²) in [4.78, 5) is 12.3. The molecule has 1 aromatic carbocycles. The normalized spacial score (nSPS) is 11.8. The first-order valence-corrected chi connectivity index (χ1v) is 9.20. The van der Waals surface area contributed by atoms with E-state index >= 15 is 0 Å². The van der Waals surface area contributed by atoms with E-state index < -0.39 is 10.0 Å². The third-order valence-corrected chi connectivity index (χ3v) is 4.69. The molecule has 0 radical (unpaired) electrons. The number of amides is 1. The second kappa shape index (κ2) is 6.72. The standard InChI is InChI=1S/C16H22N2O4S/c1-10-6-7-11(2)14-13(10)12(3)15(22-14)16(19)18-8-4-5-9-23(17,20)21/h6-7H,4-5,8-9H2,1-3H3,(H,18,19)(H2,17,20,21). The number of unbranched alkanes of at least 4 members (excludes halogenated alkanes) is 1. The fraction of sp³-hybridized carbons (Fsp3) is 0.438. The van der Waals surface area contributed by atoms with E-state index in [1.807, 2.05) is 32.9 Å². The number of rotatable bonds is 6. The van der Waals surface area contributed by atoms with Crippen LogP contribution in [0.1, 0.15) is 40.1 Å². The Morgan fingerprint density at radius 3 is 2.43 bits per heavy atom. The summed E-state index contributed by atoms with van der Waals surface area (Å²) in [5, 5.41) is 8.66. The maximum absolute atomic E-state index is 12.3. The molecule has 0 saturated heterocycles. The van der Waals surface area contributed by atoms with Crippen LogP contribution in [0.5, 0.6) is 0 Å². The van der Waals surface area contributed by atoms with Crippen LogP contribution in [0.4, 0.5) is 0 Å². The van der Waals surface area contributed by atoms with E-state index in [0.29, 0.717) is 25.1 Å². The first-order valence-electron chi connectivity index (χ1n) is 7.48. The van der Waals surface area contributed by atoms with Gasteiger partial charge in [0.2, 0.25) is 10.0 Å². The van der Waals surface area contributed by atoms with E-state index in [-0.39, 0.29) is 11.7 Å². The molecule has 0 spiro atoms. The Balaban J connectivity index is 2.06. The van der Waals surface area contributed by atoms with Crippen molar-refractivity contribution in [3.05, 3.63) is 34.6 Å². The lowest BCUT2D eigenvalue weighted by Crippen LogP contribution is -2.25. The highest BCUT2D eigenvalue weighted by atomic mass is 32.2. The van der Waals surface area contributed by atoms with E-state index in [0.717, 1.165) is 27.7 Å². The van der Waals surface area contributed by atoms with Crippen molar-refractivity contribution in [3.63, 3.8) is 0 Å². The third-order valence-electron chi connectivity index (χ3n) is 3.83. The number of primary sulfonamides is 1. The van der Waals surface area contributed by atoms with Crippen LogP contribution < -0.4 is 10.5 Å². The summed E-state index contributed by atoms with van der Waals surface area (Å²) in [6.45, 7) is 6.18. The number of benzene rings is 1. The Labute approximate surface area is 136 Å². The summed E-state index contributed by atoms with van der Waals surface area (Å²) < 4.78 is 27.4. The van der Waals surface area contributed by atoms with Gasteiger partial charge in [-0.1, -0.05) is 12.1 Å². The minimum absolute atomic E-state index is 0.0784. The number of nitrogens with one attached hydrogen (secondary N) is 1. The maximum Gasteiger partial charge on any atom is 0.287 e. The molecule has 0 fully saturated rings. The maximum atomic E-state index is 12.3. The van der Waals surface area contributed by atoms with Crippen molar-refractivity contribution in [2.75, 3.05) is 12.3 Å². The van der Waals surface area contributed by atoms with Gasteiger partial charge >= 0.3 is 0 Å². The molecule has 126 valence electrons. The molecule has 6 nitrogen and oxygen atoms in total. The van der Waals surface area contributed by atoms with Gasteiger partial charge in [-0.3, -0.25) is 4.79 Å². The molecule has 1 heterocycles. The molecule has 0 aliphatic heterocycles. The van der Waals surface area contributed by atoms with E-state index in [1.54, 1.807) is 0 Å². The van der Waals surface area contributed by atoms with Crippen molar-refractivity contribution < 1.29 is 17.6 Å². The summed E-state index contributed by atoms with van der Waals surface area (Å²) >= 11 is 0. The zero-order valence-corrected chi connectivity index (χ0v) is 14.4. The highest BCUT2D eigenvalue weighted by molar-refractivity contribution is 7.89. The molecule has 1 amide bonds. The Bertz CT molecular complexity index is 837. The molecule has 0 bridgehead atoms. The second-order valence-electron chi connectivity index (χ2n) is 5.79. The quantitative estimate of drug-likeness (QED) is 0.788. The average Bonchev–Trinajstić information content (AvgIpc) is 2.80. The Morgan fingerprint density at radius 2 is 1.83 bits per heavy atom. The van der Waals surface area contributed by atoms with Crippen molar-refractivity contribution in [2.24, 2.45) is 5.14 Å². The predicted molar refractivity (Wildman–Crippen MR) is 90.0 cm³/mol. The van der Waals surface area contributed by atoms with E-state index in [9.17, 15) is 13.2 Å². The van der Waals surface area contributed by atoms with Crippen LogP contribution in [0.15, 0.2) is 16.5 Å². The van der Waals surface area contributed by atoms with Gasteiger partial charge in [0.25, 0.3) is 5.91 Å². The Morgan fingerprint density at radius 1 is 1.17 bits per heavy atom. The van der Waals surface area contributed by atoms with Gasteiger partial charge in [-0.05, 0) is 44.7 Å². The minimum Gasteiger partial charge on any atom is -0.450 e. The number of fused-ring (bicyclic) bond motifs is 1. The molecule has 23 heavy (non-hydrogen) atoms. The number of carbonyl (C=O) groups is 1. The van der Waals surface area contributed by atoms with Crippen LogP contribution in [0, 0.1) is 20.8 Å². The fourth-order valence-corrected chi connectivity index (χ4v) is 3.21. The highest BCUT2D eigenvalue weighted by Gasteiger charge is 2.19. The summed E-state index contributed by atoms with van der Waals surface area (Å²) in [6.07, 6.45) is 0.954. The zero-order chi connectivity index (χ0) is 17.2. The molecule has 0 atom stereocenters. The lowest BCUT2D eigenvalue weighted by atomic mass is 10.0. The van der Waals surface area contributed by atoms with Crippen LogP contribution in [0.25, 0.3) is 11.0 Å². The van der Waals surface area contributed by atoms with Gasteiger partial charge < -0.3 is 9.73 Å². The van der Waals surface area contributed by atoms with E-state index in [1.165, 1.54) is 0 Å². The minimum atomic E-state index is -3.44. The van der Waals surface area contributed by atoms with Crippen LogP contribution in [0.2, 0.25) is 0 Å². The molecular formula is C16H22N2O4S. The van der Waals surface area contributed by atoms with Crippen molar-refractivity contribution in [3.8, 4) is 0 Å². The second-order valence-corrected chi connectivity index (χ2v) is 7.52. The van der Waals surface area contributed by atoms with Crippen molar-refractivity contribution in [2.45, 2.75) is 33.6 Å². The van der Waals surface area contributed by atoms with Gasteiger partial charge in [-0.25, -0.2) is 13.6 Å². The number of sulfonamides is 1. The molecule has 0 aliphatic carbocycles. The molecular weight excluding hydrogens is 316 g/mol. The molecule has 7 heteroatoms. The molecule has 0 unspecified atom stereocenters. The summed E-state index contributed by atoms with van der Waals surface area (Å²) in [6, 6.07) is 3.98. The van der Waals surface area contributed by atoms with Gasteiger partial charge in [-0.15, -0.1) is 0 Å². The number of furan rings is 1. The fourth-order valence-electron chi connectivity index (χ4n) is 2.60. The van der Waals surface area contributed by atoms with Crippen LogP contribution >= 0.6 is 0 Å². The van der Waals surface area contributed by atoms with Crippen LogP contribution in [0.3, 0.4) is 0 Å². The van der Waals surface area contributed by atoms with Gasteiger partial charge in [0.05, 0.1) is 5.75 Å². The molecule has 2 rings (SSSR count). The summed E-state index contributed by atoms with van der Waals surface area (Å²) in [5.74, 6) is -0.0535. The zero-order valence-electron chi connectivity index (χ0n) is 13.6. The lowest BCUT2D eigenvalue weighted by Gasteiger charge is -2.03. The van der Waals surface area contributed by atoms with E-state index in [4.69, 9.17) is 9.56 Å². The lowest BCUT2D eigenvalue weighted by molar-refractivity contribution is 0.0927. The molecule has 3 N–H and O–H groups in total. The van der Waals surface area contributed by atoms with Crippen molar-refractivity contribution in [1.82, 2.24) is 5.32 Å². The first kappa shape index (κ1) is 17.5. The van der Waals surface area contributed by atoms with Crippen LogP contribution in [-0.2, 0) is 10.0 Å². The van der Waals surface area contributed by atoms with Gasteiger partial charge in [0.1, 0.15) is 5.58 Å². The molecule has 2 aromatic rings. The van der Waals surface area contributed by atoms with Gasteiger partial charge in [-0.2, -0.15) is 0 Å². The average molecular weight is 338 g/mol. The largest absolute Gasteiger partial charge is 0.450 e. The molecule has 1 aromatic heterocycles. The van der Waals surface area contributed by atoms with Gasteiger partial charge in [0, 0.05) is 17.5 Å². The molecule has 0 saturated carbocycles. The SMILES string of the molecule is Cc1ccc(C)c2c(C)c(C(=O)NCCCCS(N)(=O)=O)oc12. The predicted octanol–water partition coefficient (Wildman–Crippen LogP) is 2.16. The smallest absolute Gasteiger partial charge is 0.287 e. The number of nitrogens with two attached hydrogens (primary N) is 1. The number of hydrogen-bond acceptors (Lipinski definition) is 4. The number of aryl methyl sites for hydroxylation is 3. The van der Waals surface area contributed by atoms with Crippen molar-refractivity contribution >= 4 is 26.9 Å². The van der Waals surface area contributed by atoms with Gasteiger partial charge in [0.15, 0.2) is 5.76 Å². The van der Waals surface area contributed by atoms with E-state index in [2.05, 4.69) is 5.32 Å². The topological polar surface area (TPSA) is 102 Å². The number of hydrogen-bond donors (Lipinski definition) is 2. The molecule has 0 aliphatic rings. The summed E-state index contributed by atoms with van der Waals surface area (Å²) in [7, 11) is -3.44. The monoisotopic (exact) mass is 338 g/mol. The first-order chi connectivity index (χ1) is 10.7. The number of carbonyl (C=O) groups excluding carboxylic acids is 1. The third kappa shape index (κ3) is 4.11. The Hall–Kier alpha value is -1.86. The highest BCUT2D eigenvalue weighted by Crippen LogP contribution is 2.30. The summed E-state index contributed by atoms with van der Waals surface area (Å²) in [5.41, 5.74) is 3.62. The van der Waals surface area contributed by atoms with Crippen molar-refractivity contribution in [1.29, 1.82) is 0 Å². The van der Waals surface area contributed by atoms with Crippen LogP contribution in [-0.4, -0.2) is 26.6 Å². The Kier molecular flexibility index (Phi) is 5.11.